The van der Waals surface area contributed by atoms with Crippen molar-refractivity contribution in [2.24, 2.45) is 0 Å². The van der Waals surface area contributed by atoms with Crippen molar-refractivity contribution < 1.29 is 13.2 Å². The number of rotatable bonds is 3. The first kappa shape index (κ1) is 13.9. The number of alkyl halides is 2. The molecule has 1 aromatic heterocycles. The molecular formula is C13H12ClF3N2. The summed E-state index contributed by atoms with van der Waals surface area (Å²) in [4.78, 5) is 0. The van der Waals surface area contributed by atoms with Gasteiger partial charge in [-0.1, -0.05) is 17.7 Å². The lowest BCUT2D eigenvalue weighted by atomic mass is 10.1. The molecule has 0 unspecified atom stereocenters. The van der Waals surface area contributed by atoms with E-state index in [0.717, 1.165) is 0 Å². The van der Waals surface area contributed by atoms with Gasteiger partial charge in [0.05, 0.1) is 10.6 Å². The normalized spacial score (nSPS) is 11.6. The lowest BCUT2D eigenvalue weighted by Gasteiger charge is -2.05. The Morgan fingerprint density at radius 3 is 2.53 bits per heavy atom. The standard InChI is InChI=1S/C13H12ClF3N2/c1-7(2)19-6-9(13(16)17)12(18-19)8-4-3-5-10(14)11(8)15/h3-7,13H,1-2H3. The molecule has 19 heavy (non-hydrogen) atoms. The number of nitrogens with zero attached hydrogens (tertiary/aromatic N) is 2. The molecule has 0 N–H and O–H groups in total. The van der Waals surface area contributed by atoms with Gasteiger partial charge < -0.3 is 0 Å². The summed E-state index contributed by atoms with van der Waals surface area (Å²) in [5.74, 6) is -0.736. The van der Waals surface area contributed by atoms with Crippen molar-refractivity contribution in [1.29, 1.82) is 0 Å². The van der Waals surface area contributed by atoms with E-state index in [1.54, 1.807) is 13.8 Å². The molecule has 0 aliphatic heterocycles. The molecule has 0 aliphatic carbocycles. The van der Waals surface area contributed by atoms with E-state index < -0.39 is 12.2 Å². The van der Waals surface area contributed by atoms with Gasteiger partial charge in [0.15, 0.2) is 5.82 Å². The third-order valence-corrected chi connectivity index (χ3v) is 3.02. The van der Waals surface area contributed by atoms with E-state index in [0.29, 0.717) is 0 Å². The molecule has 1 aromatic carbocycles. The molecular weight excluding hydrogens is 277 g/mol. The van der Waals surface area contributed by atoms with Crippen molar-refractivity contribution in [2.45, 2.75) is 26.3 Å². The lowest BCUT2D eigenvalue weighted by Crippen LogP contribution is -2.01. The second-order valence-corrected chi connectivity index (χ2v) is 4.82. The van der Waals surface area contributed by atoms with Gasteiger partial charge in [-0.15, -0.1) is 0 Å². The molecule has 0 saturated heterocycles. The van der Waals surface area contributed by atoms with Gasteiger partial charge in [0, 0.05) is 17.8 Å². The summed E-state index contributed by atoms with van der Waals surface area (Å²) in [5, 5.41) is 3.93. The van der Waals surface area contributed by atoms with Crippen LogP contribution in [0.3, 0.4) is 0 Å². The average Bonchev–Trinajstić information content (AvgIpc) is 2.77. The van der Waals surface area contributed by atoms with Crippen LogP contribution in [-0.2, 0) is 0 Å². The van der Waals surface area contributed by atoms with Gasteiger partial charge in [-0.3, -0.25) is 4.68 Å². The van der Waals surface area contributed by atoms with E-state index in [2.05, 4.69) is 5.10 Å². The third-order valence-electron chi connectivity index (χ3n) is 2.73. The maximum absolute atomic E-state index is 13.9. The van der Waals surface area contributed by atoms with Crippen molar-refractivity contribution in [3.8, 4) is 11.3 Å². The van der Waals surface area contributed by atoms with Gasteiger partial charge in [0.2, 0.25) is 0 Å². The van der Waals surface area contributed by atoms with Crippen molar-refractivity contribution in [2.75, 3.05) is 0 Å². The molecule has 0 fully saturated rings. The monoisotopic (exact) mass is 288 g/mol. The van der Waals surface area contributed by atoms with Crippen LogP contribution in [-0.4, -0.2) is 9.78 Å². The fraction of sp³-hybridized carbons (Fsp3) is 0.308. The summed E-state index contributed by atoms with van der Waals surface area (Å²) in [7, 11) is 0. The Bertz CT molecular complexity index is 594. The Balaban J connectivity index is 2.63. The minimum atomic E-state index is -2.72. The van der Waals surface area contributed by atoms with Crippen LogP contribution in [0.4, 0.5) is 13.2 Å². The van der Waals surface area contributed by atoms with E-state index >= 15 is 0 Å². The molecule has 0 aliphatic rings. The van der Waals surface area contributed by atoms with E-state index in [-0.39, 0.29) is 27.9 Å². The largest absolute Gasteiger partial charge is 0.269 e. The zero-order valence-corrected chi connectivity index (χ0v) is 11.1. The van der Waals surface area contributed by atoms with Gasteiger partial charge in [-0.05, 0) is 26.0 Å². The first-order chi connectivity index (χ1) is 8.91. The van der Waals surface area contributed by atoms with E-state index in [1.165, 1.54) is 29.1 Å². The molecule has 0 atom stereocenters. The molecule has 0 amide bonds. The molecule has 2 nitrogen and oxygen atoms in total. The number of halogens is 4. The number of hydrogen-bond donors (Lipinski definition) is 0. The van der Waals surface area contributed by atoms with E-state index in [1.807, 2.05) is 0 Å². The molecule has 102 valence electrons. The Morgan fingerprint density at radius 1 is 1.26 bits per heavy atom. The SMILES string of the molecule is CC(C)n1cc(C(F)F)c(-c2cccc(Cl)c2F)n1. The molecule has 0 bridgehead atoms. The zero-order chi connectivity index (χ0) is 14.2. The highest BCUT2D eigenvalue weighted by Gasteiger charge is 2.22. The van der Waals surface area contributed by atoms with Gasteiger partial charge in [0.25, 0.3) is 6.43 Å². The third kappa shape index (κ3) is 2.61. The highest BCUT2D eigenvalue weighted by Crippen LogP contribution is 2.34. The second-order valence-electron chi connectivity index (χ2n) is 4.41. The molecule has 0 spiro atoms. The zero-order valence-electron chi connectivity index (χ0n) is 10.4. The summed E-state index contributed by atoms with van der Waals surface area (Å²) >= 11 is 5.67. The van der Waals surface area contributed by atoms with Crippen LogP contribution < -0.4 is 0 Å². The van der Waals surface area contributed by atoms with Gasteiger partial charge in [-0.25, -0.2) is 13.2 Å². The Kier molecular flexibility index (Phi) is 3.85. The Hall–Kier alpha value is -1.49. The van der Waals surface area contributed by atoms with Crippen LogP contribution in [0.25, 0.3) is 11.3 Å². The minimum Gasteiger partial charge on any atom is -0.269 e. The van der Waals surface area contributed by atoms with Crippen LogP contribution in [0.2, 0.25) is 5.02 Å². The molecule has 2 aromatic rings. The number of hydrogen-bond acceptors (Lipinski definition) is 1. The van der Waals surface area contributed by atoms with Crippen LogP contribution in [0.5, 0.6) is 0 Å². The minimum absolute atomic E-state index is 0.0119. The maximum atomic E-state index is 13.9. The summed E-state index contributed by atoms with van der Waals surface area (Å²) in [6, 6.07) is 4.17. The lowest BCUT2D eigenvalue weighted by molar-refractivity contribution is 0.152. The maximum Gasteiger partial charge on any atom is 0.267 e. The summed E-state index contributed by atoms with van der Waals surface area (Å²) in [6.07, 6.45) is -1.48. The summed E-state index contributed by atoms with van der Waals surface area (Å²) in [5.41, 5.74) is -0.374. The van der Waals surface area contributed by atoms with Crippen molar-refractivity contribution >= 4 is 11.6 Å². The van der Waals surface area contributed by atoms with Gasteiger partial charge in [-0.2, -0.15) is 5.10 Å². The highest BCUT2D eigenvalue weighted by molar-refractivity contribution is 6.31. The quantitative estimate of drug-likeness (QED) is 0.788. The van der Waals surface area contributed by atoms with Crippen molar-refractivity contribution in [3.05, 3.63) is 40.8 Å². The molecule has 6 heteroatoms. The van der Waals surface area contributed by atoms with Gasteiger partial charge in [0.1, 0.15) is 5.69 Å². The second kappa shape index (κ2) is 5.25. The Labute approximate surface area is 113 Å². The van der Waals surface area contributed by atoms with Crippen molar-refractivity contribution in [1.82, 2.24) is 9.78 Å². The molecule has 1 heterocycles. The van der Waals surface area contributed by atoms with Gasteiger partial charge >= 0.3 is 0 Å². The van der Waals surface area contributed by atoms with Crippen LogP contribution >= 0.6 is 11.6 Å². The predicted octanol–water partition coefficient (Wildman–Crippen LogP) is 4.86. The van der Waals surface area contributed by atoms with Crippen LogP contribution in [0.1, 0.15) is 31.9 Å². The average molecular weight is 289 g/mol. The summed E-state index contributed by atoms with van der Waals surface area (Å²) < 4.78 is 41.3. The fourth-order valence-corrected chi connectivity index (χ4v) is 1.90. The fourth-order valence-electron chi connectivity index (χ4n) is 1.73. The molecule has 0 radical (unpaired) electrons. The van der Waals surface area contributed by atoms with E-state index in [9.17, 15) is 13.2 Å². The first-order valence-electron chi connectivity index (χ1n) is 5.73. The summed E-state index contributed by atoms with van der Waals surface area (Å²) in [6.45, 7) is 3.61. The van der Waals surface area contributed by atoms with Crippen molar-refractivity contribution in [3.63, 3.8) is 0 Å². The molecule has 2 rings (SSSR count). The highest BCUT2D eigenvalue weighted by atomic mass is 35.5. The molecule has 0 saturated carbocycles. The predicted molar refractivity (Wildman–Crippen MR) is 68.0 cm³/mol. The topological polar surface area (TPSA) is 17.8 Å². The smallest absolute Gasteiger partial charge is 0.267 e. The number of aromatic nitrogens is 2. The van der Waals surface area contributed by atoms with Crippen LogP contribution in [0.15, 0.2) is 24.4 Å². The van der Waals surface area contributed by atoms with Crippen LogP contribution in [0, 0.1) is 5.82 Å². The van der Waals surface area contributed by atoms with E-state index in [4.69, 9.17) is 11.6 Å². The number of benzene rings is 1. The Morgan fingerprint density at radius 2 is 1.95 bits per heavy atom. The first-order valence-corrected chi connectivity index (χ1v) is 6.11.